The highest BCUT2D eigenvalue weighted by Gasteiger charge is 2.38. The molecule has 2 aliphatic rings. The Balaban J connectivity index is 2.04. The maximum atomic E-state index is 5.52. The molecule has 0 spiro atoms. The lowest BCUT2D eigenvalue weighted by molar-refractivity contribution is 0.0231. The minimum Gasteiger partial charge on any atom is -0.381 e. The summed E-state index contributed by atoms with van der Waals surface area (Å²) in [5, 5.41) is 3.91. The van der Waals surface area contributed by atoms with Crippen LogP contribution < -0.4 is 5.32 Å². The third-order valence-electron chi connectivity index (χ3n) is 4.48. The lowest BCUT2D eigenvalue weighted by Gasteiger charge is -2.43. The molecule has 0 amide bonds. The normalized spacial score (nSPS) is 33.6. The maximum Gasteiger partial charge on any atom is 0.0469 e. The van der Waals surface area contributed by atoms with Gasteiger partial charge in [-0.2, -0.15) is 0 Å². The van der Waals surface area contributed by atoms with E-state index in [4.69, 9.17) is 4.74 Å². The van der Waals surface area contributed by atoms with Crippen molar-refractivity contribution in [3.63, 3.8) is 0 Å². The van der Waals surface area contributed by atoms with Gasteiger partial charge in [-0.1, -0.05) is 26.2 Å². The standard InChI is InChI=1S/C14H27NO/c1-2-8-14(9-4-3-5-10-15-14)13-6-11-16-12-7-13/h13,15H,2-12H2,1H3. The number of nitrogens with one attached hydrogen (secondary N) is 1. The van der Waals surface area contributed by atoms with E-state index in [2.05, 4.69) is 12.2 Å². The molecule has 2 heteroatoms. The number of hydrogen-bond donors (Lipinski definition) is 1. The van der Waals surface area contributed by atoms with E-state index < -0.39 is 0 Å². The van der Waals surface area contributed by atoms with Gasteiger partial charge in [-0.3, -0.25) is 0 Å². The number of ether oxygens (including phenoxy) is 1. The Morgan fingerprint density at radius 2 is 2.00 bits per heavy atom. The number of hydrogen-bond acceptors (Lipinski definition) is 2. The van der Waals surface area contributed by atoms with E-state index in [-0.39, 0.29) is 0 Å². The van der Waals surface area contributed by atoms with Crippen LogP contribution in [-0.4, -0.2) is 25.3 Å². The molecule has 0 aromatic rings. The summed E-state index contributed by atoms with van der Waals surface area (Å²) in [6, 6.07) is 0. The molecule has 1 atom stereocenters. The van der Waals surface area contributed by atoms with E-state index in [0.717, 1.165) is 19.1 Å². The molecule has 16 heavy (non-hydrogen) atoms. The first kappa shape index (κ1) is 12.4. The van der Waals surface area contributed by atoms with Crippen molar-refractivity contribution in [3.8, 4) is 0 Å². The fourth-order valence-electron chi connectivity index (χ4n) is 3.63. The minimum absolute atomic E-state index is 0.453. The predicted molar refractivity (Wildman–Crippen MR) is 67.7 cm³/mol. The molecule has 1 N–H and O–H groups in total. The smallest absolute Gasteiger partial charge is 0.0469 e. The van der Waals surface area contributed by atoms with E-state index in [1.807, 2.05) is 0 Å². The van der Waals surface area contributed by atoms with Crippen LogP contribution in [0.15, 0.2) is 0 Å². The summed E-state index contributed by atoms with van der Waals surface area (Å²) < 4.78 is 5.52. The van der Waals surface area contributed by atoms with Crippen molar-refractivity contribution in [1.29, 1.82) is 0 Å². The van der Waals surface area contributed by atoms with Gasteiger partial charge in [0.1, 0.15) is 0 Å². The van der Waals surface area contributed by atoms with E-state index >= 15 is 0 Å². The van der Waals surface area contributed by atoms with Gasteiger partial charge in [0.25, 0.3) is 0 Å². The summed E-state index contributed by atoms with van der Waals surface area (Å²) in [4.78, 5) is 0. The fourth-order valence-corrected chi connectivity index (χ4v) is 3.63. The molecule has 0 aromatic carbocycles. The first-order chi connectivity index (χ1) is 7.87. The Bertz CT molecular complexity index is 191. The Hall–Kier alpha value is -0.0800. The van der Waals surface area contributed by atoms with Gasteiger partial charge in [-0.25, -0.2) is 0 Å². The average molecular weight is 225 g/mol. The highest BCUT2D eigenvalue weighted by atomic mass is 16.5. The largest absolute Gasteiger partial charge is 0.381 e. The molecule has 2 saturated heterocycles. The van der Waals surface area contributed by atoms with Crippen molar-refractivity contribution in [2.75, 3.05) is 19.8 Å². The molecule has 2 nitrogen and oxygen atoms in total. The van der Waals surface area contributed by atoms with Gasteiger partial charge in [0, 0.05) is 18.8 Å². The molecule has 2 heterocycles. The third kappa shape index (κ3) is 2.78. The third-order valence-corrected chi connectivity index (χ3v) is 4.48. The quantitative estimate of drug-likeness (QED) is 0.797. The second kappa shape index (κ2) is 6.02. The summed E-state index contributed by atoms with van der Waals surface area (Å²) in [5.74, 6) is 0.860. The van der Waals surface area contributed by atoms with Crippen LogP contribution in [0.1, 0.15) is 58.3 Å². The van der Waals surface area contributed by atoms with Crippen LogP contribution in [0, 0.1) is 5.92 Å². The molecule has 94 valence electrons. The molecular formula is C14H27NO. The highest BCUT2D eigenvalue weighted by Crippen LogP contribution is 2.36. The minimum atomic E-state index is 0.453. The Kier molecular flexibility index (Phi) is 4.66. The summed E-state index contributed by atoms with van der Waals surface area (Å²) in [7, 11) is 0. The van der Waals surface area contributed by atoms with Crippen LogP contribution in [0.4, 0.5) is 0 Å². The summed E-state index contributed by atoms with van der Waals surface area (Å²) in [6.45, 7) is 5.53. The molecule has 0 aromatic heterocycles. The SMILES string of the molecule is CCCC1(C2CCOCC2)CCCCCN1. The maximum absolute atomic E-state index is 5.52. The van der Waals surface area contributed by atoms with E-state index in [0.29, 0.717) is 5.54 Å². The first-order valence-electron chi connectivity index (χ1n) is 7.20. The van der Waals surface area contributed by atoms with Gasteiger partial charge < -0.3 is 10.1 Å². The van der Waals surface area contributed by atoms with Gasteiger partial charge >= 0.3 is 0 Å². The van der Waals surface area contributed by atoms with Crippen molar-refractivity contribution in [2.45, 2.75) is 63.8 Å². The molecule has 2 aliphatic heterocycles. The van der Waals surface area contributed by atoms with Crippen molar-refractivity contribution < 1.29 is 4.74 Å². The van der Waals surface area contributed by atoms with Crippen LogP contribution in [-0.2, 0) is 4.74 Å². The van der Waals surface area contributed by atoms with Crippen molar-refractivity contribution >= 4 is 0 Å². The van der Waals surface area contributed by atoms with Crippen molar-refractivity contribution in [2.24, 2.45) is 5.92 Å². The lowest BCUT2D eigenvalue weighted by atomic mass is 9.73. The van der Waals surface area contributed by atoms with E-state index in [1.165, 1.54) is 57.9 Å². The molecule has 0 saturated carbocycles. The van der Waals surface area contributed by atoms with Gasteiger partial charge in [0.15, 0.2) is 0 Å². The Morgan fingerprint density at radius 1 is 1.19 bits per heavy atom. The van der Waals surface area contributed by atoms with Gasteiger partial charge in [0.05, 0.1) is 0 Å². The zero-order valence-corrected chi connectivity index (χ0v) is 10.8. The molecular weight excluding hydrogens is 198 g/mol. The lowest BCUT2D eigenvalue weighted by Crippen LogP contribution is -2.52. The van der Waals surface area contributed by atoms with Crippen molar-refractivity contribution in [3.05, 3.63) is 0 Å². The van der Waals surface area contributed by atoms with Crippen LogP contribution in [0.2, 0.25) is 0 Å². The second-order valence-corrected chi connectivity index (χ2v) is 5.53. The van der Waals surface area contributed by atoms with E-state index in [9.17, 15) is 0 Å². The topological polar surface area (TPSA) is 21.3 Å². The molecule has 0 bridgehead atoms. The molecule has 0 aliphatic carbocycles. The van der Waals surface area contributed by atoms with E-state index in [1.54, 1.807) is 0 Å². The Morgan fingerprint density at radius 3 is 2.75 bits per heavy atom. The second-order valence-electron chi connectivity index (χ2n) is 5.53. The Labute approximate surface area is 100 Å². The van der Waals surface area contributed by atoms with Gasteiger partial charge in [-0.05, 0) is 44.6 Å². The summed E-state index contributed by atoms with van der Waals surface area (Å²) >= 11 is 0. The average Bonchev–Trinajstić information content (AvgIpc) is 2.57. The molecule has 1 unspecified atom stereocenters. The molecule has 0 radical (unpaired) electrons. The van der Waals surface area contributed by atoms with Crippen molar-refractivity contribution in [1.82, 2.24) is 5.32 Å². The summed E-state index contributed by atoms with van der Waals surface area (Å²) in [6.07, 6.45) is 10.8. The fraction of sp³-hybridized carbons (Fsp3) is 1.00. The predicted octanol–water partition coefficient (Wildman–Crippen LogP) is 3.12. The van der Waals surface area contributed by atoms with Gasteiger partial charge in [-0.15, -0.1) is 0 Å². The first-order valence-corrected chi connectivity index (χ1v) is 7.20. The zero-order valence-electron chi connectivity index (χ0n) is 10.8. The molecule has 2 rings (SSSR count). The highest BCUT2D eigenvalue weighted by molar-refractivity contribution is 4.96. The number of rotatable bonds is 3. The zero-order chi connectivity index (χ0) is 11.3. The summed E-state index contributed by atoms with van der Waals surface area (Å²) in [5.41, 5.74) is 0.453. The monoisotopic (exact) mass is 225 g/mol. The molecule has 2 fully saturated rings. The van der Waals surface area contributed by atoms with Crippen LogP contribution in [0.25, 0.3) is 0 Å². The van der Waals surface area contributed by atoms with Crippen LogP contribution >= 0.6 is 0 Å². The van der Waals surface area contributed by atoms with Gasteiger partial charge in [0.2, 0.25) is 0 Å². The van der Waals surface area contributed by atoms with Crippen LogP contribution in [0.3, 0.4) is 0 Å². The van der Waals surface area contributed by atoms with Crippen LogP contribution in [0.5, 0.6) is 0 Å².